The zero-order valence-corrected chi connectivity index (χ0v) is 42.7. The molecule has 8 atom stereocenters. The Labute approximate surface area is 399 Å². The first-order valence-electron chi connectivity index (χ1n) is 22.2. The van der Waals surface area contributed by atoms with Gasteiger partial charge in [0.25, 0.3) is 0 Å². The van der Waals surface area contributed by atoms with Crippen LogP contribution in [0, 0.1) is 0 Å². The number of hydrogen-bond donors (Lipinski definition) is 0. The molecule has 368 valence electrons. The van der Waals surface area contributed by atoms with E-state index in [1.165, 1.54) is 12.4 Å². The number of hydrogen-bond acceptors (Lipinski definition) is 16. The van der Waals surface area contributed by atoms with Crippen LogP contribution in [0.5, 0.6) is 0 Å². The second-order valence-electron chi connectivity index (χ2n) is 17.2. The summed E-state index contributed by atoms with van der Waals surface area (Å²) in [4.78, 5) is 8.60. The Morgan fingerprint density at radius 2 is 0.939 bits per heavy atom. The molecule has 0 aromatic carbocycles. The summed E-state index contributed by atoms with van der Waals surface area (Å²) in [7, 11) is -0.804. The second kappa shape index (κ2) is 24.4. The maximum absolute atomic E-state index is 13.4. The van der Waals surface area contributed by atoms with Crippen LogP contribution < -0.4 is 0 Å². The minimum Gasteiger partial charge on any atom is -0.382 e. The molecule has 2 aliphatic heterocycles. The second-order valence-corrected chi connectivity index (χ2v) is 22.8. The minimum atomic E-state index is -3.60. The summed E-state index contributed by atoms with van der Waals surface area (Å²) in [5, 5.41) is 16.9. The number of nitrogens with zero attached hydrogens (tertiary/aromatic N) is 8. The van der Waals surface area contributed by atoms with Crippen LogP contribution in [0.25, 0.3) is 0 Å². The topological polar surface area (TPSA) is 211 Å². The quantitative estimate of drug-likeness (QED) is 0.0775. The monoisotopic (exact) mass is 1000 g/mol. The normalized spacial score (nSPS) is 20.9. The van der Waals surface area contributed by atoms with Gasteiger partial charge < -0.3 is 37.6 Å². The molecule has 0 radical (unpaired) electrons. The fraction of sp³-hybridized carbons (Fsp3) is 0.682. The molecule has 4 aromatic heterocycles. The van der Waals surface area contributed by atoms with Crippen LogP contribution in [0.3, 0.4) is 0 Å². The summed E-state index contributed by atoms with van der Waals surface area (Å²) in [6.07, 6.45) is 6.22. The van der Waals surface area contributed by atoms with Gasteiger partial charge in [-0.1, -0.05) is 37.0 Å². The van der Waals surface area contributed by atoms with E-state index >= 15 is 0 Å². The third-order valence-electron chi connectivity index (χ3n) is 12.4. The molecule has 2 aliphatic rings. The summed E-state index contributed by atoms with van der Waals surface area (Å²) in [5.41, 5.74) is 1.34. The van der Waals surface area contributed by atoms with E-state index in [0.717, 1.165) is 25.7 Å². The van der Waals surface area contributed by atoms with Crippen molar-refractivity contribution in [3.05, 3.63) is 81.4 Å². The molecule has 2 fully saturated rings. The molecule has 0 saturated carbocycles. The van der Waals surface area contributed by atoms with E-state index in [1.54, 1.807) is 66.6 Å². The first-order chi connectivity index (χ1) is 31.3. The van der Waals surface area contributed by atoms with Crippen LogP contribution in [-0.2, 0) is 59.6 Å². The fourth-order valence-electron chi connectivity index (χ4n) is 8.29. The van der Waals surface area contributed by atoms with Gasteiger partial charge in [-0.3, -0.25) is 9.97 Å². The van der Waals surface area contributed by atoms with Crippen molar-refractivity contribution in [1.82, 2.24) is 39.5 Å². The maximum Gasteiger partial charge on any atom is 0.162 e. The molecule has 4 aromatic rings. The molecule has 0 N–H and O–H groups in total. The van der Waals surface area contributed by atoms with Gasteiger partial charge in [0, 0.05) is 64.1 Å². The molecule has 6 heterocycles. The van der Waals surface area contributed by atoms with Gasteiger partial charge in [-0.2, -0.15) is 0 Å². The lowest BCUT2D eigenvalue weighted by Gasteiger charge is -2.24. The van der Waals surface area contributed by atoms with Crippen molar-refractivity contribution in [2.75, 3.05) is 54.9 Å². The number of halogens is 2. The lowest BCUT2D eigenvalue weighted by atomic mass is 10.0. The molecule has 22 heteroatoms. The summed E-state index contributed by atoms with van der Waals surface area (Å²) in [5.74, 6) is 0.779. The van der Waals surface area contributed by atoms with E-state index in [1.807, 2.05) is 36.8 Å². The van der Waals surface area contributed by atoms with Gasteiger partial charge in [0.2, 0.25) is 0 Å². The number of pyridine rings is 2. The van der Waals surface area contributed by atoms with Crippen LogP contribution in [0.2, 0.25) is 10.0 Å². The van der Waals surface area contributed by atoms with Gasteiger partial charge in [0.15, 0.2) is 31.3 Å². The lowest BCUT2D eigenvalue weighted by molar-refractivity contribution is 0.0397. The third kappa shape index (κ3) is 13.5. The Kier molecular flexibility index (Phi) is 19.9. The van der Waals surface area contributed by atoms with E-state index < -0.39 is 30.2 Å². The largest absolute Gasteiger partial charge is 0.382 e. The summed E-state index contributed by atoms with van der Waals surface area (Å²) in [6.45, 7) is 12.4. The maximum atomic E-state index is 13.4. The standard InChI is InChI=1S/2C22H33ClN4O5S/c2*1-14-6-9-20(32-14)22-26-25-21(27(22)18(11-30-4)12-31-5)13-33(28,29)16(3)15(2)19-8-7-17(23)10-24-19/h2*7-8,10,14-16,18,20H,6,9,11-13H2,1-5H3/t14-,15+,16+,20-;14-,15-,16-,20-/m10/s1. The highest BCUT2D eigenvalue weighted by atomic mass is 35.5. The van der Waals surface area contributed by atoms with Crippen molar-refractivity contribution < 1.29 is 45.3 Å². The molecule has 18 nitrogen and oxygen atoms in total. The van der Waals surface area contributed by atoms with Crippen molar-refractivity contribution >= 4 is 42.9 Å². The zero-order chi connectivity index (χ0) is 48.3. The zero-order valence-electron chi connectivity index (χ0n) is 39.5. The van der Waals surface area contributed by atoms with Crippen molar-refractivity contribution in [1.29, 1.82) is 0 Å². The lowest BCUT2D eigenvalue weighted by Crippen LogP contribution is -2.29. The molecule has 66 heavy (non-hydrogen) atoms. The van der Waals surface area contributed by atoms with Gasteiger partial charge in [-0.25, -0.2) is 16.8 Å². The number of rotatable bonds is 22. The molecular formula is C44H66Cl2N8O10S2. The predicted octanol–water partition coefficient (Wildman–Crippen LogP) is 7.01. The molecule has 0 aliphatic carbocycles. The Morgan fingerprint density at radius 1 is 0.591 bits per heavy atom. The van der Waals surface area contributed by atoms with Crippen molar-refractivity contribution in [3.63, 3.8) is 0 Å². The van der Waals surface area contributed by atoms with Crippen LogP contribution in [-0.4, -0.2) is 134 Å². The predicted molar refractivity (Wildman–Crippen MR) is 250 cm³/mol. The van der Waals surface area contributed by atoms with Crippen LogP contribution in [0.1, 0.15) is 138 Å². The van der Waals surface area contributed by atoms with Crippen molar-refractivity contribution in [2.24, 2.45) is 0 Å². The van der Waals surface area contributed by atoms with Crippen LogP contribution in [0.15, 0.2) is 36.7 Å². The van der Waals surface area contributed by atoms with E-state index in [4.69, 9.17) is 51.6 Å². The first kappa shape index (κ1) is 53.8. The van der Waals surface area contributed by atoms with E-state index in [-0.39, 0.29) is 59.8 Å². The molecular weight excluding hydrogens is 936 g/mol. The molecule has 0 amide bonds. The number of sulfone groups is 2. The molecule has 0 bridgehead atoms. The SMILES string of the molecule is COCC(COC)n1c(CS(=O)(=O)[C@@H](C)[C@H](C)c2ccc(Cl)cn2)nnc1[C@@H]1CC[C@H](C)O1.COCC(COC)n1c(CS(=O)(=O)[C@@H](C)[C@H](C)c2ccc(Cl)cn2)nnc1[C@H]1CC[C@@H](C)O1. The highest BCUT2D eigenvalue weighted by Gasteiger charge is 2.37. The Balaban J connectivity index is 0.000000247. The fourth-order valence-corrected chi connectivity index (χ4v) is 11.7. The van der Waals surface area contributed by atoms with Gasteiger partial charge >= 0.3 is 0 Å². The van der Waals surface area contributed by atoms with Gasteiger partial charge in [-0.15, -0.1) is 20.4 Å². The molecule has 0 unspecified atom stereocenters. The Bertz CT molecular complexity index is 2180. The van der Waals surface area contributed by atoms with Gasteiger partial charge in [-0.05, 0) is 77.6 Å². The minimum absolute atomic E-state index is 0.114. The summed E-state index contributed by atoms with van der Waals surface area (Å²) < 4.78 is 91.0. The van der Waals surface area contributed by atoms with E-state index in [2.05, 4.69) is 30.4 Å². The van der Waals surface area contributed by atoms with Gasteiger partial charge in [0.05, 0.1) is 71.3 Å². The van der Waals surface area contributed by atoms with Crippen molar-refractivity contribution in [2.45, 2.75) is 138 Å². The molecule has 6 rings (SSSR count). The van der Waals surface area contributed by atoms with Crippen molar-refractivity contribution in [3.8, 4) is 0 Å². The molecule has 0 spiro atoms. The Morgan fingerprint density at radius 3 is 1.21 bits per heavy atom. The Hall–Kier alpha value is -3.18. The number of methoxy groups -OCH3 is 4. The first-order valence-corrected chi connectivity index (χ1v) is 26.3. The highest BCUT2D eigenvalue weighted by molar-refractivity contribution is 7.91. The molecule has 2 saturated heterocycles. The average molecular weight is 1000 g/mol. The smallest absolute Gasteiger partial charge is 0.162 e. The van der Waals surface area contributed by atoms with E-state index in [0.29, 0.717) is 71.2 Å². The highest BCUT2D eigenvalue weighted by Crippen LogP contribution is 2.36. The number of ether oxygens (including phenoxy) is 6. The third-order valence-corrected chi connectivity index (χ3v) is 17.3. The average Bonchev–Trinajstić information content (AvgIpc) is 4.10. The van der Waals surface area contributed by atoms with E-state index in [9.17, 15) is 16.8 Å². The van der Waals surface area contributed by atoms with Crippen LogP contribution in [0.4, 0.5) is 0 Å². The number of aromatic nitrogens is 8. The van der Waals surface area contributed by atoms with Gasteiger partial charge in [0.1, 0.15) is 35.4 Å². The summed E-state index contributed by atoms with van der Waals surface area (Å²) in [6, 6.07) is 6.38. The van der Waals surface area contributed by atoms with Crippen LogP contribution >= 0.6 is 23.2 Å². The summed E-state index contributed by atoms with van der Waals surface area (Å²) >= 11 is 11.9.